The molecular formula is C21H24N2O2. The van der Waals surface area contributed by atoms with E-state index in [0.717, 1.165) is 17.5 Å². The van der Waals surface area contributed by atoms with Gasteiger partial charge >= 0.3 is 0 Å². The van der Waals surface area contributed by atoms with Gasteiger partial charge in [-0.3, -0.25) is 9.59 Å². The molecule has 4 nitrogen and oxygen atoms in total. The molecule has 3 rings (SSSR count). The van der Waals surface area contributed by atoms with Crippen molar-refractivity contribution in [3.63, 3.8) is 0 Å². The lowest BCUT2D eigenvalue weighted by Gasteiger charge is -2.44. The molecule has 1 aliphatic heterocycles. The van der Waals surface area contributed by atoms with E-state index < -0.39 is 11.6 Å². The van der Waals surface area contributed by atoms with Crippen LogP contribution in [0.4, 0.5) is 0 Å². The molecule has 1 N–H and O–H groups in total. The third-order valence-corrected chi connectivity index (χ3v) is 4.85. The molecule has 2 aromatic carbocycles. The largest absolute Gasteiger partial charge is 0.336 e. The summed E-state index contributed by atoms with van der Waals surface area (Å²) in [4.78, 5) is 27.9. The van der Waals surface area contributed by atoms with Gasteiger partial charge in [-0.25, -0.2) is 0 Å². The van der Waals surface area contributed by atoms with Crippen LogP contribution in [-0.2, 0) is 21.7 Å². The normalized spacial score (nSPS) is 23.4. The minimum absolute atomic E-state index is 0.0550. The van der Waals surface area contributed by atoms with Gasteiger partial charge in [-0.15, -0.1) is 0 Å². The third kappa shape index (κ3) is 3.29. The smallest absolute Gasteiger partial charge is 0.253 e. The molecular weight excluding hydrogens is 312 g/mol. The number of nitrogens with one attached hydrogen (secondary N) is 1. The topological polar surface area (TPSA) is 49.4 Å². The summed E-state index contributed by atoms with van der Waals surface area (Å²) in [6.07, 6.45) is 1.51. The number of carbonyl (C=O) groups excluding carboxylic acids is 2. The van der Waals surface area contributed by atoms with Crippen LogP contribution in [0.2, 0.25) is 0 Å². The van der Waals surface area contributed by atoms with Gasteiger partial charge in [0.25, 0.3) is 5.91 Å². The zero-order chi connectivity index (χ0) is 17.9. The van der Waals surface area contributed by atoms with Crippen LogP contribution >= 0.6 is 0 Å². The second kappa shape index (κ2) is 7.09. The average Bonchev–Trinajstić information content (AvgIpc) is 2.64. The fourth-order valence-corrected chi connectivity index (χ4v) is 3.44. The number of piperazine rings is 1. The Bertz CT molecular complexity index is 745. The number of rotatable bonds is 5. The molecule has 0 aromatic heterocycles. The van der Waals surface area contributed by atoms with Crippen LogP contribution in [0.15, 0.2) is 60.7 Å². The van der Waals surface area contributed by atoms with Gasteiger partial charge in [0.15, 0.2) is 0 Å². The monoisotopic (exact) mass is 336 g/mol. The lowest BCUT2D eigenvalue weighted by Crippen LogP contribution is -2.67. The molecule has 1 saturated heterocycles. The van der Waals surface area contributed by atoms with Crippen LogP contribution in [0.1, 0.15) is 37.8 Å². The van der Waals surface area contributed by atoms with E-state index in [0.29, 0.717) is 13.0 Å². The quantitative estimate of drug-likeness (QED) is 0.911. The molecule has 0 aliphatic carbocycles. The number of carbonyl (C=O) groups is 2. The Hall–Kier alpha value is -2.62. The maximum Gasteiger partial charge on any atom is 0.253 e. The fraction of sp³-hybridized carbons (Fsp3) is 0.333. The summed E-state index contributed by atoms with van der Waals surface area (Å²) in [6, 6.07) is 18.9. The molecule has 2 unspecified atom stereocenters. The van der Waals surface area contributed by atoms with Crippen LogP contribution in [0.25, 0.3) is 0 Å². The summed E-state index contributed by atoms with van der Waals surface area (Å²) >= 11 is 0. The summed E-state index contributed by atoms with van der Waals surface area (Å²) in [6.45, 7) is 4.27. The predicted molar refractivity (Wildman–Crippen MR) is 97.6 cm³/mol. The number of amides is 2. The Morgan fingerprint density at radius 3 is 2.20 bits per heavy atom. The lowest BCUT2D eigenvalue weighted by molar-refractivity contribution is -0.156. The van der Waals surface area contributed by atoms with E-state index in [9.17, 15) is 9.59 Å². The Labute approximate surface area is 148 Å². The van der Waals surface area contributed by atoms with Crippen LogP contribution in [-0.4, -0.2) is 22.8 Å². The Balaban J connectivity index is 1.98. The highest BCUT2D eigenvalue weighted by Crippen LogP contribution is 2.30. The summed E-state index contributed by atoms with van der Waals surface area (Å²) in [5.74, 6) is -0.135. The molecule has 0 radical (unpaired) electrons. The van der Waals surface area contributed by atoms with E-state index in [1.807, 2.05) is 67.6 Å². The second-order valence-electron chi connectivity index (χ2n) is 6.70. The Morgan fingerprint density at radius 2 is 1.60 bits per heavy atom. The van der Waals surface area contributed by atoms with Gasteiger partial charge < -0.3 is 10.2 Å². The fourth-order valence-electron chi connectivity index (χ4n) is 3.44. The summed E-state index contributed by atoms with van der Waals surface area (Å²) in [5.41, 5.74) is 0.806. The molecule has 4 heteroatoms. The molecule has 2 atom stereocenters. The highest BCUT2D eigenvalue weighted by molar-refractivity contribution is 6.00. The van der Waals surface area contributed by atoms with Crippen molar-refractivity contribution in [1.82, 2.24) is 10.2 Å². The second-order valence-corrected chi connectivity index (χ2v) is 6.70. The van der Waals surface area contributed by atoms with Crippen LogP contribution in [0, 0.1) is 0 Å². The summed E-state index contributed by atoms with van der Waals surface area (Å²) < 4.78 is 0. The third-order valence-electron chi connectivity index (χ3n) is 4.85. The van der Waals surface area contributed by atoms with Crippen molar-refractivity contribution in [2.75, 3.05) is 0 Å². The molecule has 0 bridgehead atoms. The van der Waals surface area contributed by atoms with E-state index in [2.05, 4.69) is 5.32 Å². The van der Waals surface area contributed by atoms with Gasteiger partial charge in [-0.05, 0) is 24.5 Å². The van der Waals surface area contributed by atoms with Gasteiger partial charge in [-0.2, -0.15) is 0 Å². The van der Waals surface area contributed by atoms with E-state index in [1.165, 1.54) is 0 Å². The molecule has 0 spiro atoms. The number of hydrogen-bond donors (Lipinski definition) is 1. The average molecular weight is 336 g/mol. The first kappa shape index (κ1) is 17.2. The number of hydrogen-bond acceptors (Lipinski definition) is 2. The van der Waals surface area contributed by atoms with E-state index in [4.69, 9.17) is 0 Å². The molecule has 2 aromatic rings. The van der Waals surface area contributed by atoms with Gasteiger partial charge in [0.2, 0.25) is 5.91 Å². The molecule has 0 saturated carbocycles. The van der Waals surface area contributed by atoms with Crippen LogP contribution in [0.5, 0.6) is 0 Å². The zero-order valence-electron chi connectivity index (χ0n) is 14.7. The van der Waals surface area contributed by atoms with Crippen molar-refractivity contribution in [3.8, 4) is 0 Å². The molecule has 25 heavy (non-hydrogen) atoms. The summed E-state index contributed by atoms with van der Waals surface area (Å²) in [7, 11) is 0. The van der Waals surface area contributed by atoms with Crippen molar-refractivity contribution < 1.29 is 9.59 Å². The first-order valence-electron chi connectivity index (χ1n) is 8.79. The first-order valence-corrected chi connectivity index (χ1v) is 8.79. The lowest BCUT2D eigenvalue weighted by atomic mass is 9.86. The van der Waals surface area contributed by atoms with E-state index in [-0.39, 0.29) is 11.8 Å². The maximum atomic E-state index is 13.4. The molecule has 1 heterocycles. The minimum Gasteiger partial charge on any atom is -0.336 e. The van der Waals surface area contributed by atoms with Gasteiger partial charge in [0.1, 0.15) is 11.6 Å². The minimum atomic E-state index is -1.03. The van der Waals surface area contributed by atoms with Crippen molar-refractivity contribution in [3.05, 3.63) is 71.8 Å². The zero-order valence-corrected chi connectivity index (χ0v) is 14.7. The highest BCUT2D eigenvalue weighted by atomic mass is 16.2. The van der Waals surface area contributed by atoms with Crippen molar-refractivity contribution >= 4 is 11.8 Å². The predicted octanol–water partition coefficient (Wildman–Crippen LogP) is 3.23. The van der Waals surface area contributed by atoms with Crippen LogP contribution < -0.4 is 5.32 Å². The van der Waals surface area contributed by atoms with Gasteiger partial charge in [0, 0.05) is 6.54 Å². The highest BCUT2D eigenvalue weighted by Gasteiger charge is 2.48. The van der Waals surface area contributed by atoms with Crippen molar-refractivity contribution in [1.29, 1.82) is 0 Å². The van der Waals surface area contributed by atoms with E-state index >= 15 is 0 Å². The van der Waals surface area contributed by atoms with Crippen molar-refractivity contribution in [2.24, 2.45) is 0 Å². The molecule has 1 fully saturated rings. The number of benzene rings is 2. The SMILES string of the molecule is CCCC1C(=O)NC(C)(c2ccccc2)C(=O)N1Cc1ccccc1. The van der Waals surface area contributed by atoms with E-state index in [1.54, 1.807) is 11.8 Å². The van der Waals surface area contributed by atoms with Crippen molar-refractivity contribution in [2.45, 2.75) is 44.8 Å². The molecule has 2 amide bonds. The van der Waals surface area contributed by atoms with Gasteiger partial charge in [-0.1, -0.05) is 74.0 Å². The first-order chi connectivity index (χ1) is 12.1. The molecule has 1 aliphatic rings. The number of nitrogens with zero attached hydrogens (tertiary/aromatic N) is 1. The Morgan fingerprint density at radius 1 is 1.00 bits per heavy atom. The van der Waals surface area contributed by atoms with Gasteiger partial charge in [0.05, 0.1) is 0 Å². The van der Waals surface area contributed by atoms with Crippen LogP contribution in [0.3, 0.4) is 0 Å². The maximum absolute atomic E-state index is 13.4. The standard InChI is InChI=1S/C21H24N2O2/c1-3-10-18-19(24)22-21(2,17-13-8-5-9-14-17)20(25)23(18)15-16-11-6-4-7-12-16/h4-9,11-14,18H,3,10,15H2,1-2H3,(H,22,24). The Kier molecular flexibility index (Phi) is 4.88. The summed E-state index contributed by atoms with van der Waals surface area (Å²) in [5, 5.41) is 2.98. The molecule has 130 valence electrons.